The molecule has 0 bridgehead atoms. The zero-order valence-corrected chi connectivity index (χ0v) is 17.3. The molecule has 1 aliphatic rings. The van der Waals surface area contributed by atoms with E-state index >= 15 is 0 Å². The van der Waals surface area contributed by atoms with Crippen molar-refractivity contribution in [2.24, 2.45) is 0 Å². The van der Waals surface area contributed by atoms with E-state index in [1.165, 1.54) is 5.56 Å². The van der Waals surface area contributed by atoms with Crippen LogP contribution in [0.4, 0.5) is 17.1 Å². The van der Waals surface area contributed by atoms with E-state index in [0.29, 0.717) is 5.69 Å². The number of fused-ring (bicyclic) bond motifs is 1. The van der Waals surface area contributed by atoms with Gasteiger partial charge in [0.15, 0.2) is 0 Å². The van der Waals surface area contributed by atoms with E-state index in [1.807, 2.05) is 43.1 Å². The molecule has 1 heterocycles. The Kier molecular flexibility index (Phi) is 5.45. The summed E-state index contributed by atoms with van der Waals surface area (Å²) in [6.45, 7) is 8.70. The van der Waals surface area contributed by atoms with Crippen molar-refractivity contribution in [3.8, 4) is 0 Å². The van der Waals surface area contributed by atoms with Gasteiger partial charge in [0.1, 0.15) is 0 Å². The summed E-state index contributed by atoms with van der Waals surface area (Å²) in [5.41, 5.74) is 3.78. The highest BCUT2D eigenvalue weighted by Crippen LogP contribution is 2.31. The fourth-order valence-corrected chi connectivity index (χ4v) is 3.55. The number of hydrogen-bond acceptors (Lipinski definition) is 3. The molecule has 2 amide bonds. The van der Waals surface area contributed by atoms with Crippen molar-refractivity contribution >= 4 is 28.9 Å². The summed E-state index contributed by atoms with van der Waals surface area (Å²) in [4.78, 5) is 29.0. The third-order valence-corrected chi connectivity index (χ3v) is 5.17. The van der Waals surface area contributed by atoms with E-state index in [2.05, 4.69) is 50.4 Å². The van der Waals surface area contributed by atoms with Crippen LogP contribution in [0.25, 0.3) is 0 Å². The molecule has 2 aromatic rings. The quantitative estimate of drug-likeness (QED) is 0.870. The first kappa shape index (κ1) is 19.9. The largest absolute Gasteiger partial charge is 0.365 e. The normalized spacial score (nSPS) is 16.8. The number of nitrogens with one attached hydrogen (secondary N) is 1. The molecule has 0 aromatic heterocycles. The predicted molar refractivity (Wildman–Crippen MR) is 115 cm³/mol. The second-order valence-corrected chi connectivity index (χ2v) is 8.54. The fourth-order valence-electron chi connectivity index (χ4n) is 3.55. The molecule has 0 saturated carbocycles. The van der Waals surface area contributed by atoms with Gasteiger partial charge in [-0.05, 0) is 42.2 Å². The SMILES string of the molecule is CC1CC(=O)Nc2ccccc2N1C(=O)CN(C)c1ccc(C(C)(C)C)cc1. The average Bonchev–Trinajstić information content (AvgIpc) is 2.75. The third kappa shape index (κ3) is 4.19. The molecule has 148 valence electrons. The smallest absolute Gasteiger partial charge is 0.246 e. The lowest BCUT2D eigenvalue weighted by atomic mass is 9.87. The Bertz CT molecular complexity index is 868. The molecule has 1 unspecified atom stereocenters. The molecule has 0 aliphatic carbocycles. The van der Waals surface area contributed by atoms with Gasteiger partial charge in [-0.1, -0.05) is 45.0 Å². The van der Waals surface area contributed by atoms with Gasteiger partial charge in [0.25, 0.3) is 0 Å². The summed E-state index contributed by atoms with van der Waals surface area (Å²) in [5.74, 6) is -0.0970. The van der Waals surface area contributed by atoms with Gasteiger partial charge in [0, 0.05) is 25.2 Å². The first-order chi connectivity index (χ1) is 13.2. The lowest BCUT2D eigenvalue weighted by molar-refractivity contribution is -0.118. The maximum absolute atomic E-state index is 13.2. The van der Waals surface area contributed by atoms with Gasteiger partial charge in [-0.3, -0.25) is 9.59 Å². The second kappa shape index (κ2) is 7.66. The van der Waals surface area contributed by atoms with Crippen LogP contribution in [0.1, 0.15) is 39.7 Å². The Morgan fingerprint density at radius 2 is 1.79 bits per heavy atom. The molecule has 28 heavy (non-hydrogen) atoms. The van der Waals surface area contributed by atoms with Crippen LogP contribution in [0.15, 0.2) is 48.5 Å². The van der Waals surface area contributed by atoms with Crippen molar-refractivity contribution in [3.63, 3.8) is 0 Å². The minimum atomic E-state index is -0.201. The van der Waals surface area contributed by atoms with Gasteiger partial charge >= 0.3 is 0 Å². The van der Waals surface area contributed by atoms with E-state index < -0.39 is 0 Å². The summed E-state index contributed by atoms with van der Waals surface area (Å²) in [6, 6.07) is 15.6. The summed E-state index contributed by atoms with van der Waals surface area (Å²) in [5, 5.41) is 2.90. The maximum Gasteiger partial charge on any atom is 0.246 e. The molecule has 0 fully saturated rings. The van der Waals surface area contributed by atoms with Crippen molar-refractivity contribution in [3.05, 3.63) is 54.1 Å². The predicted octanol–water partition coefficient (Wildman–Crippen LogP) is 4.18. The molecule has 0 saturated heterocycles. The third-order valence-electron chi connectivity index (χ3n) is 5.17. The van der Waals surface area contributed by atoms with Crippen LogP contribution < -0.4 is 15.1 Å². The zero-order valence-electron chi connectivity index (χ0n) is 17.3. The van der Waals surface area contributed by atoms with E-state index in [4.69, 9.17) is 0 Å². The lowest BCUT2D eigenvalue weighted by Gasteiger charge is -2.30. The van der Waals surface area contributed by atoms with Gasteiger partial charge in [0.2, 0.25) is 11.8 Å². The van der Waals surface area contributed by atoms with Crippen molar-refractivity contribution in [2.75, 3.05) is 28.7 Å². The number of likely N-dealkylation sites (N-methyl/N-ethyl adjacent to an activating group) is 1. The number of carbonyl (C=O) groups is 2. The highest BCUT2D eigenvalue weighted by Gasteiger charge is 2.30. The number of benzene rings is 2. The Hall–Kier alpha value is -2.82. The van der Waals surface area contributed by atoms with Gasteiger partial charge in [-0.15, -0.1) is 0 Å². The van der Waals surface area contributed by atoms with Crippen LogP contribution >= 0.6 is 0 Å². The maximum atomic E-state index is 13.2. The Balaban J connectivity index is 1.81. The van der Waals surface area contributed by atoms with E-state index in [9.17, 15) is 9.59 Å². The molecular formula is C23H29N3O2. The van der Waals surface area contributed by atoms with Crippen molar-refractivity contribution in [1.82, 2.24) is 0 Å². The van der Waals surface area contributed by atoms with Gasteiger partial charge in [-0.2, -0.15) is 0 Å². The molecular weight excluding hydrogens is 350 g/mol. The average molecular weight is 380 g/mol. The van der Waals surface area contributed by atoms with E-state index in [1.54, 1.807) is 4.90 Å². The van der Waals surface area contributed by atoms with E-state index in [-0.39, 0.29) is 36.2 Å². The molecule has 2 aromatic carbocycles. The summed E-state index contributed by atoms with van der Waals surface area (Å²) in [6.07, 6.45) is 0.282. The molecule has 1 N–H and O–H groups in total. The fraction of sp³-hybridized carbons (Fsp3) is 0.391. The molecule has 3 rings (SSSR count). The lowest BCUT2D eigenvalue weighted by Crippen LogP contribution is -2.44. The first-order valence-electron chi connectivity index (χ1n) is 9.69. The van der Waals surface area contributed by atoms with Gasteiger partial charge < -0.3 is 15.1 Å². The number of anilines is 3. The summed E-state index contributed by atoms with van der Waals surface area (Å²) in [7, 11) is 1.92. The number of hydrogen-bond donors (Lipinski definition) is 1. The van der Waals surface area contributed by atoms with Gasteiger partial charge in [-0.25, -0.2) is 0 Å². The minimum absolute atomic E-state index is 0.0288. The first-order valence-corrected chi connectivity index (χ1v) is 9.69. The second-order valence-electron chi connectivity index (χ2n) is 8.54. The summed E-state index contributed by atoms with van der Waals surface area (Å²) < 4.78 is 0. The number of rotatable bonds is 3. The molecule has 0 radical (unpaired) electrons. The molecule has 5 heteroatoms. The number of nitrogens with zero attached hydrogens (tertiary/aromatic N) is 2. The highest BCUT2D eigenvalue weighted by atomic mass is 16.2. The molecule has 0 spiro atoms. The molecule has 5 nitrogen and oxygen atoms in total. The monoisotopic (exact) mass is 379 g/mol. The topological polar surface area (TPSA) is 52.7 Å². The number of carbonyl (C=O) groups excluding carboxylic acids is 2. The van der Waals surface area contributed by atoms with Crippen LogP contribution in [0.2, 0.25) is 0 Å². The number of para-hydroxylation sites is 2. The standard InChI is InChI=1S/C23H29N3O2/c1-16-14-21(27)24-19-8-6-7-9-20(19)26(16)22(28)15-25(5)18-12-10-17(11-13-18)23(2,3)4/h6-13,16H,14-15H2,1-5H3,(H,24,27). The van der Waals surface area contributed by atoms with Crippen LogP contribution in [0, 0.1) is 0 Å². The van der Waals surface area contributed by atoms with Crippen molar-refractivity contribution in [2.45, 2.75) is 45.6 Å². The number of amides is 2. The highest BCUT2D eigenvalue weighted by molar-refractivity contribution is 6.05. The molecule has 1 aliphatic heterocycles. The van der Waals surface area contributed by atoms with E-state index in [0.717, 1.165) is 11.4 Å². The summed E-state index contributed by atoms with van der Waals surface area (Å²) >= 11 is 0. The van der Waals surface area contributed by atoms with Crippen LogP contribution in [0.5, 0.6) is 0 Å². The molecule has 1 atom stereocenters. The zero-order chi connectivity index (χ0) is 20.5. The van der Waals surface area contributed by atoms with Crippen LogP contribution in [-0.2, 0) is 15.0 Å². The van der Waals surface area contributed by atoms with Gasteiger partial charge in [0.05, 0.1) is 17.9 Å². The van der Waals surface area contributed by atoms with Crippen LogP contribution in [-0.4, -0.2) is 31.4 Å². The Labute approximate surface area is 167 Å². The van der Waals surface area contributed by atoms with Crippen molar-refractivity contribution < 1.29 is 9.59 Å². The minimum Gasteiger partial charge on any atom is -0.365 e. The van der Waals surface area contributed by atoms with Crippen molar-refractivity contribution in [1.29, 1.82) is 0 Å². The Morgan fingerprint density at radius 3 is 2.43 bits per heavy atom. The van der Waals surface area contributed by atoms with Crippen LogP contribution in [0.3, 0.4) is 0 Å². The Morgan fingerprint density at radius 1 is 1.14 bits per heavy atom.